The number of anilines is 1. The molecule has 0 heterocycles. The topological polar surface area (TPSA) is 118 Å². The fourth-order valence-corrected chi connectivity index (χ4v) is 4.25. The van der Waals surface area contributed by atoms with Gasteiger partial charge in [0, 0.05) is 17.8 Å². The van der Waals surface area contributed by atoms with Gasteiger partial charge in [0.15, 0.2) is 4.90 Å². The molecule has 2 rings (SSSR count). The Morgan fingerprint density at radius 3 is 2.40 bits per heavy atom. The van der Waals surface area contributed by atoms with Crippen molar-refractivity contribution in [3.63, 3.8) is 0 Å². The van der Waals surface area contributed by atoms with E-state index < -0.39 is 25.5 Å². The number of carbonyl (C=O) groups is 1. The second-order valence-electron chi connectivity index (χ2n) is 7.17. The van der Waals surface area contributed by atoms with Gasteiger partial charge in [-0.2, -0.15) is 0 Å². The number of nitrogens with zero attached hydrogens (tertiary/aromatic N) is 1. The number of rotatable bonds is 11. The molecule has 0 aliphatic heterocycles. The third-order valence-electron chi connectivity index (χ3n) is 4.57. The second-order valence-corrected chi connectivity index (χ2v) is 8.82. The van der Waals surface area contributed by atoms with Crippen molar-refractivity contribution in [1.82, 2.24) is 5.32 Å². The van der Waals surface area contributed by atoms with Crippen LogP contribution in [0.3, 0.4) is 0 Å². The van der Waals surface area contributed by atoms with Gasteiger partial charge in [0.25, 0.3) is 15.7 Å². The lowest BCUT2D eigenvalue weighted by Crippen LogP contribution is -2.33. The standard InChI is InChI=1S/C21H27N3O5S/c1-3-4-5-8-16(2)22-21(25)15-17-11-13-18(14-12-17)23-30(28,29)20-10-7-6-9-19(20)24(26)27/h6-7,9-14,16,23H,3-5,8,15H2,1-2H3,(H,22,25)/t16-/m1/s1. The molecule has 2 aromatic rings. The number of benzene rings is 2. The van der Waals surface area contributed by atoms with E-state index in [2.05, 4.69) is 17.0 Å². The largest absolute Gasteiger partial charge is 0.353 e. The minimum Gasteiger partial charge on any atom is -0.353 e. The Balaban J connectivity index is 1.99. The predicted octanol–water partition coefficient (Wildman–Crippen LogP) is 4.02. The maximum atomic E-state index is 12.5. The Labute approximate surface area is 176 Å². The van der Waals surface area contributed by atoms with Crippen LogP contribution < -0.4 is 10.0 Å². The molecule has 162 valence electrons. The van der Waals surface area contributed by atoms with Crippen molar-refractivity contribution in [2.24, 2.45) is 0 Å². The van der Waals surface area contributed by atoms with Gasteiger partial charge in [-0.05, 0) is 37.1 Å². The van der Waals surface area contributed by atoms with Crippen LogP contribution in [0.4, 0.5) is 11.4 Å². The van der Waals surface area contributed by atoms with Gasteiger partial charge in [-0.25, -0.2) is 8.42 Å². The first-order chi connectivity index (χ1) is 14.2. The highest BCUT2D eigenvalue weighted by Crippen LogP contribution is 2.25. The molecule has 0 unspecified atom stereocenters. The molecule has 9 heteroatoms. The summed E-state index contributed by atoms with van der Waals surface area (Å²) in [5, 5.41) is 14.1. The van der Waals surface area contributed by atoms with Gasteiger partial charge in [0.1, 0.15) is 0 Å². The molecule has 0 fully saturated rings. The average Bonchev–Trinajstić information content (AvgIpc) is 2.69. The number of nitro groups is 1. The molecule has 0 radical (unpaired) electrons. The normalized spacial score (nSPS) is 12.2. The molecule has 0 aliphatic rings. The summed E-state index contributed by atoms with van der Waals surface area (Å²) in [6, 6.07) is 11.6. The average molecular weight is 434 g/mol. The van der Waals surface area contributed by atoms with Crippen molar-refractivity contribution < 1.29 is 18.1 Å². The van der Waals surface area contributed by atoms with Gasteiger partial charge >= 0.3 is 0 Å². The highest BCUT2D eigenvalue weighted by Gasteiger charge is 2.25. The fraction of sp³-hybridized carbons (Fsp3) is 0.381. The number of unbranched alkanes of at least 4 members (excludes halogenated alkanes) is 2. The van der Waals surface area contributed by atoms with Gasteiger partial charge in [-0.15, -0.1) is 0 Å². The van der Waals surface area contributed by atoms with E-state index in [-0.39, 0.29) is 24.1 Å². The maximum Gasteiger partial charge on any atom is 0.289 e. The first kappa shape index (κ1) is 23.3. The van der Waals surface area contributed by atoms with Crippen LogP contribution in [0.15, 0.2) is 53.4 Å². The molecule has 0 spiro atoms. The molecule has 8 nitrogen and oxygen atoms in total. The van der Waals surface area contributed by atoms with Crippen LogP contribution >= 0.6 is 0 Å². The molecular formula is C21H27N3O5S. The lowest BCUT2D eigenvalue weighted by Gasteiger charge is -2.14. The SMILES string of the molecule is CCCCC[C@@H](C)NC(=O)Cc1ccc(NS(=O)(=O)c2ccccc2[N+](=O)[O-])cc1. The quantitative estimate of drug-likeness (QED) is 0.315. The summed E-state index contributed by atoms with van der Waals surface area (Å²) < 4.78 is 27.4. The van der Waals surface area contributed by atoms with Crippen LogP contribution in [0.25, 0.3) is 0 Å². The Hall–Kier alpha value is -2.94. The minimum absolute atomic E-state index is 0.0905. The van der Waals surface area contributed by atoms with Gasteiger partial charge in [0.2, 0.25) is 5.91 Å². The van der Waals surface area contributed by atoms with E-state index in [0.717, 1.165) is 37.3 Å². The molecule has 1 atom stereocenters. The smallest absolute Gasteiger partial charge is 0.289 e. The van der Waals surface area contributed by atoms with Crippen molar-refractivity contribution in [2.45, 2.75) is 56.9 Å². The Kier molecular flexibility index (Phi) is 8.35. The van der Waals surface area contributed by atoms with E-state index >= 15 is 0 Å². The summed E-state index contributed by atoms with van der Waals surface area (Å²) in [4.78, 5) is 22.1. The number of para-hydroxylation sites is 1. The molecular weight excluding hydrogens is 406 g/mol. The third kappa shape index (κ3) is 6.84. The zero-order valence-corrected chi connectivity index (χ0v) is 17.9. The van der Waals surface area contributed by atoms with E-state index in [4.69, 9.17) is 0 Å². The summed E-state index contributed by atoms with van der Waals surface area (Å²) in [5.74, 6) is -0.0905. The number of carbonyl (C=O) groups excluding carboxylic acids is 1. The van der Waals surface area contributed by atoms with Crippen LogP contribution in [0.5, 0.6) is 0 Å². The van der Waals surface area contributed by atoms with Crippen molar-refractivity contribution in [3.8, 4) is 0 Å². The lowest BCUT2D eigenvalue weighted by atomic mass is 10.1. The van der Waals surface area contributed by atoms with Crippen LogP contribution in [0.1, 0.15) is 45.1 Å². The van der Waals surface area contributed by atoms with Crippen molar-refractivity contribution in [2.75, 3.05) is 4.72 Å². The lowest BCUT2D eigenvalue weighted by molar-refractivity contribution is -0.387. The monoisotopic (exact) mass is 433 g/mol. The highest BCUT2D eigenvalue weighted by atomic mass is 32.2. The molecule has 2 N–H and O–H groups in total. The summed E-state index contributed by atoms with van der Waals surface area (Å²) in [5.41, 5.74) is 0.499. The highest BCUT2D eigenvalue weighted by molar-refractivity contribution is 7.92. The molecule has 1 amide bonds. The third-order valence-corrected chi connectivity index (χ3v) is 6.00. The van der Waals surface area contributed by atoms with Crippen LogP contribution in [-0.2, 0) is 21.2 Å². The second kappa shape index (κ2) is 10.7. The Bertz CT molecular complexity index is 974. The van der Waals surface area contributed by atoms with Crippen molar-refractivity contribution in [1.29, 1.82) is 0 Å². The van der Waals surface area contributed by atoms with E-state index in [1.54, 1.807) is 12.1 Å². The van der Waals surface area contributed by atoms with E-state index in [1.807, 2.05) is 6.92 Å². The molecule has 0 aromatic heterocycles. The number of hydrogen-bond acceptors (Lipinski definition) is 5. The molecule has 30 heavy (non-hydrogen) atoms. The minimum atomic E-state index is -4.12. The van der Waals surface area contributed by atoms with Gasteiger partial charge in [-0.1, -0.05) is 50.5 Å². The number of nitrogens with one attached hydrogen (secondary N) is 2. The Morgan fingerprint density at radius 1 is 1.10 bits per heavy atom. The number of nitro benzene ring substituents is 1. The molecule has 0 bridgehead atoms. The van der Waals surface area contributed by atoms with E-state index in [9.17, 15) is 23.3 Å². The number of hydrogen-bond donors (Lipinski definition) is 2. The maximum absolute atomic E-state index is 12.5. The molecule has 0 saturated carbocycles. The summed E-state index contributed by atoms with van der Waals surface area (Å²) in [7, 11) is -4.12. The van der Waals surface area contributed by atoms with E-state index in [0.29, 0.717) is 0 Å². The fourth-order valence-electron chi connectivity index (χ4n) is 3.02. The van der Waals surface area contributed by atoms with Crippen LogP contribution in [-0.4, -0.2) is 25.3 Å². The Morgan fingerprint density at radius 2 is 1.77 bits per heavy atom. The first-order valence-electron chi connectivity index (χ1n) is 9.87. The zero-order valence-electron chi connectivity index (χ0n) is 17.1. The zero-order chi connectivity index (χ0) is 22.1. The summed E-state index contributed by atoms with van der Waals surface area (Å²) in [6.45, 7) is 4.11. The van der Waals surface area contributed by atoms with Gasteiger partial charge < -0.3 is 5.32 Å². The van der Waals surface area contributed by atoms with Crippen LogP contribution in [0.2, 0.25) is 0 Å². The first-order valence-corrected chi connectivity index (χ1v) is 11.4. The molecule has 0 saturated heterocycles. The van der Waals surface area contributed by atoms with Gasteiger partial charge in [-0.3, -0.25) is 19.6 Å². The van der Waals surface area contributed by atoms with Gasteiger partial charge in [0.05, 0.1) is 11.3 Å². The van der Waals surface area contributed by atoms with Crippen molar-refractivity contribution >= 4 is 27.3 Å². The molecule has 0 aliphatic carbocycles. The molecule has 2 aromatic carbocycles. The summed E-state index contributed by atoms with van der Waals surface area (Å²) >= 11 is 0. The van der Waals surface area contributed by atoms with Crippen LogP contribution in [0, 0.1) is 10.1 Å². The van der Waals surface area contributed by atoms with Crippen molar-refractivity contribution in [3.05, 3.63) is 64.2 Å². The van der Waals surface area contributed by atoms with E-state index in [1.165, 1.54) is 30.3 Å². The number of amides is 1. The summed E-state index contributed by atoms with van der Waals surface area (Å²) in [6.07, 6.45) is 4.48. The number of sulfonamides is 1. The predicted molar refractivity (Wildman–Crippen MR) is 116 cm³/mol.